The molecule has 8 heteroatoms. The lowest BCUT2D eigenvalue weighted by atomic mass is 10.1. The highest BCUT2D eigenvalue weighted by molar-refractivity contribution is 5.61. The zero-order valence-corrected chi connectivity index (χ0v) is 10.8. The van der Waals surface area contributed by atoms with Crippen molar-refractivity contribution >= 4 is 6.16 Å². The molecule has 0 aliphatic rings. The van der Waals surface area contributed by atoms with Crippen LogP contribution in [0.15, 0.2) is 30.3 Å². The minimum atomic E-state index is -1.35. The van der Waals surface area contributed by atoms with Crippen LogP contribution in [0.5, 0.6) is 11.8 Å². The van der Waals surface area contributed by atoms with Crippen LogP contribution in [0, 0.1) is 11.6 Å². The number of ether oxygens (including phenoxy) is 1. The van der Waals surface area contributed by atoms with Gasteiger partial charge in [0.15, 0.2) is 0 Å². The van der Waals surface area contributed by atoms with Crippen LogP contribution in [0.2, 0.25) is 0 Å². The molecule has 1 aromatic heterocycles. The van der Waals surface area contributed by atoms with E-state index in [-0.39, 0.29) is 0 Å². The van der Waals surface area contributed by atoms with E-state index in [0.29, 0.717) is 4.73 Å². The molecule has 0 fully saturated rings. The Morgan fingerprint density at radius 2 is 1.67 bits per heavy atom. The molecule has 112 valence electrons. The molecule has 1 unspecified atom stereocenters. The number of aromatic nitrogens is 1. The maximum absolute atomic E-state index is 13.5. The number of hydrogen-bond acceptors (Lipinski definition) is 5. The summed E-state index contributed by atoms with van der Waals surface area (Å²) in [6, 6.07) is 5.36. The van der Waals surface area contributed by atoms with Gasteiger partial charge >= 0.3 is 6.16 Å². The standard InChI is InChI=1S/C13H11F2NO5/c1-7(12-8(14)3-2-4-9(12)15)20-13(19)21-16-10(17)5-6-11(16)18/h2-7,17-18H,1H3. The average Bonchev–Trinajstić information content (AvgIpc) is 2.70. The van der Waals surface area contributed by atoms with Gasteiger partial charge in [-0.3, -0.25) is 4.84 Å². The topological polar surface area (TPSA) is 80.9 Å². The summed E-state index contributed by atoms with van der Waals surface area (Å²) in [5.41, 5.74) is -0.435. The molecule has 2 aromatic rings. The van der Waals surface area contributed by atoms with Gasteiger partial charge in [0, 0.05) is 12.1 Å². The van der Waals surface area contributed by atoms with Crippen molar-refractivity contribution in [3.05, 3.63) is 47.5 Å². The molecule has 0 saturated heterocycles. The molecule has 1 aromatic carbocycles. The van der Waals surface area contributed by atoms with Gasteiger partial charge in [-0.2, -0.15) is 0 Å². The van der Waals surface area contributed by atoms with Crippen molar-refractivity contribution in [2.75, 3.05) is 0 Å². The first-order valence-corrected chi connectivity index (χ1v) is 5.82. The van der Waals surface area contributed by atoms with Crippen LogP contribution in [-0.4, -0.2) is 21.1 Å². The predicted molar refractivity (Wildman–Crippen MR) is 65.6 cm³/mol. The van der Waals surface area contributed by atoms with E-state index < -0.39 is 41.2 Å². The molecule has 0 amide bonds. The summed E-state index contributed by atoms with van der Waals surface area (Å²) in [6.45, 7) is 1.25. The third kappa shape index (κ3) is 3.04. The van der Waals surface area contributed by atoms with Crippen LogP contribution in [0.1, 0.15) is 18.6 Å². The van der Waals surface area contributed by atoms with Gasteiger partial charge in [-0.05, 0) is 19.1 Å². The Morgan fingerprint density at radius 3 is 2.19 bits per heavy atom. The van der Waals surface area contributed by atoms with Crippen LogP contribution in [0.25, 0.3) is 0 Å². The fourth-order valence-corrected chi connectivity index (χ4v) is 1.69. The number of benzene rings is 1. The van der Waals surface area contributed by atoms with Gasteiger partial charge in [0.1, 0.15) is 17.7 Å². The quantitative estimate of drug-likeness (QED) is 0.851. The molecule has 1 atom stereocenters. The second-order valence-corrected chi connectivity index (χ2v) is 4.08. The van der Waals surface area contributed by atoms with Crippen molar-refractivity contribution in [1.82, 2.24) is 4.73 Å². The molecular weight excluding hydrogens is 288 g/mol. The normalized spacial score (nSPS) is 12.0. The van der Waals surface area contributed by atoms with Crippen LogP contribution >= 0.6 is 0 Å². The summed E-state index contributed by atoms with van der Waals surface area (Å²) < 4.78 is 32.1. The van der Waals surface area contributed by atoms with E-state index in [1.54, 1.807) is 0 Å². The average molecular weight is 299 g/mol. The Labute approximate surface area is 117 Å². The highest BCUT2D eigenvalue weighted by Gasteiger charge is 2.22. The molecule has 2 rings (SSSR count). The smallest absolute Gasteiger partial charge is 0.492 e. The van der Waals surface area contributed by atoms with Gasteiger partial charge in [-0.15, -0.1) is 4.73 Å². The molecule has 0 spiro atoms. The zero-order chi connectivity index (χ0) is 15.6. The van der Waals surface area contributed by atoms with Crippen molar-refractivity contribution in [3.8, 4) is 11.8 Å². The molecule has 6 nitrogen and oxygen atoms in total. The summed E-state index contributed by atoms with van der Waals surface area (Å²) in [5.74, 6) is -2.84. The highest BCUT2D eigenvalue weighted by Crippen LogP contribution is 2.24. The van der Waals surface area contributed by atoms with E-state index in [4.69, 9.17) is 4.74 Å². The van der Waals surface area contributed by atoms with E-state index in [9.17, 15) is 23.8 Å². The molecule has 0 saturated carbocycles. The number of carbonyl (C=O) groups excluding carboxylic acids is 1. The Hall–Kier alpha value is -2.77. The third-order valence-electron chi connectivity index (χ3n) is 2.64. The van der Waals surface area contributed by atoms with Crippen molar-refractivity contribution < 1.29 is 33.4 Å². The Balaban J connectivity index is 2.09. The van der Waals surface area contributed by atoms with Crippen LogP contribution < -0.4 is 4.84 Å². The molecule has 0 aliphatic heterocycles. The molecule has 2 N–H and O–H groups in total. The van der Waals surface area contributed by atoms with E-state index in [2.05, 4.69) is 4.84 Å². The monoisotopic (exact) mass is 299 g/mol. The summed E-state index contributed by atoms with van der Waals surface area (Å²) in [7, 11) is 0. The minimum Gasteiger partial charge on any atom is -0.492 e. The molecule has 0 bridgehead atoms. The number of nitrogens with zero attached hydrogens (tertiary/aromatic N) is 1. The number of aromatic hydroxyl groups is 2. The summed E-state index contributed by atoms with van der Waals surface area (Å²) in [4.78, 5) is 16.0. The number of rotatable bonds is 3. The van der Waals surface area contributed by atoms with Crippen molar-refractivity contribution in [2.45, 2.75) is 13.0 Å². The van der Waals surface area contributed by atoms with Gasteiger partial charge in [-0.1, -0.05) is 6.07 Å². The third-order valence-corrected chi connectivity index (χ3v) is 2.64. The second kappa shape index (κ2) is 5.70. The van der Waals surface area contributed by atoms with Crippen molar-refractivity contribution in [1.29, 1.82) is 0 Å². The van der Waals surface area contributed by atoms with Gasteiger partial charge < -0.3 is 14.9 Å². The van der Waals surface area contributed by atoms with E-state index in [1.165, 1.54) is 13.0 Å². The summed E-state index contributed by atoms with van der Waals surface area (Å²) in [5, 5.41) is 18.5. The number of carbonyl (C=O) groups is 1. The van der Waals surface area contributed by atoms with E-state index in [0.717, 1.165) is 24.3 Å². The largest absolute Gasteiger partial charge is 0.534 e. The fraction of sp³-hybridized carbons (Fsp3) is 0.154. The second-order valence-electron chi connectivity index (χ2n) is 4.08. The van der Waals surface area contributed by atoms with Gasteiger partial charge in [0.05, 0.1) is 5.56 Å². The van der Waals surface area contributed by atoms with Crippen LogP contribution in [0.4, 0.5) is 13.6 Å². The van der Waals surface area contributed by atoms with Crippen LogP contribution in [0.3, 0.4) is 0 Å². The lowest BCUT2D eigenvalue weighted by Crippen LogP contribution is -2.22. The molecule has 0 aliphatic carbocycles. The van der Waals surface area contributed by atoms with Gasteiger partial charge in [0.2, 0.25) is 11.8 Å². The molecule has 0 radical (unpaired) electrons. The number of halogens is 2. The molecule has 21 heavy (non-hydrogen) atoms. The Kier molecular flexibility index (Phi) is 3.97. The maximum Gasteiger partial charge on any atom is 0.534 e. The summed E-state index contributed by atoms with van der Waals surface area (Å²) >= 11 is 0. The number of hydrogen-bond donors (Lipinski definition) is 2. The van der Waals surface area contributed by atoms with Crippen molar-refractivity contribution in [2.24, 2.45) is 0 Å². The van der Waals surface area contributed by atoms with Crippen molar-refractivity contribution in [3.63, 3.8) is 0 Å². The summed E-state index contributed by atoms with van der Waals surface area (Å²) in [6.07, 6.45) is -2.62. The minimum absolute atomic E-state index is 0.396. The van der Waals surface area contributed by atoms with Gasteiger partial charge in [0.25, 0.3) is 0 Å². The predicted octanol–water partition coefficient (Wildman–Crippen LogP) is 2.50. The van der Waals surface area contributed by atoms with E-state index in [1.807, 2.05) is 0 Å². The fourth-order valence-electron chi connectivity index (χ4n) is 1.69. The lowest BCUT2D eigenvalue weighted by molar-refractivity contribution is 0.0118. The molecular formula is C13H11F2NO5. The Bertz CT molecular complexity index is 631. The first-order chi connectivity index (χ1) is 9.90. The van der Waals surface area contributed by atoms with Gasteiger partial charge in [-0.25, -0.2) is 13.6 Å². The maximum atomic E-state index is 13.5. The first-order valence-electron chi connectivity index (χ1n) is 5.82. The lowest BCUT2D eigenvalue weighted by Gasteiger charge is -2.15. The Morgan fingerprint density at radius 1 is 1.14 bits per heavy atom. The SMILES string of the molecule is CC(OC(=O)On1c(O)ccc1O)c1c(F)cccc1F. The highest BCUT2D eigenvalue weighted by atomic mass is 19.1. The zero-order valence-electron chi connectivity index (χ0n) is 10.8. The van der Waals surface area contributed by atoms with E-state index >= 15 is 0 Å². The molecule has 1 heterocycles. The first kappa shape index (κ1) is 14.6. The van der Waals surface area contributed by atoms with Crippen LogP contribution in [-0.2, 0) is 4.74 Å².